The number of hydrogen-bond donors (Lipinski definition) is 3. The number of carbonyl (C=O) groups is 2. The van der Waals surface area contributed by atoms with Crippen molar-refractivity contribution >= 4 is 12.0 Å². The third kappa shape index (κ3) is 6.05. The van der Waals surface area contributed by atoms with Crippen LogP contribution in [-0.2, 0) is 0 Å². The van der Waals surface area contributed by atoms with Crippen LogP contribution in [0.3, 0.4) is 0 Å². The van der Waals surface area contributed by atoms with Crippen LogP contribution >= 0.6 is 0 Å². The monoisotopic (exact) mass is 688 g/mol. The van der Waals surface area contributed by atoms with Crippen LogP contribution in [0, 0.1) is 51.2 Å². The molecule has 2 amide bonds. The number of carboxylic acid groups (broad SMARTS) is 1. The van der Waals surface area contributed by atoms with Gasteiger partial charge < -0.3 is 20.6 Å². The lowest BCUT2D eigenvalue weighted by Gasteiger charge is -2.73. The number of aromatic carboxylic acids is 1. The summed E-state index contributed by atoms with van der Waals surface area (Å²) in [7, 11) is 4.24. The Morgan fingerprint density at radius 2 is 1.56 bits per heavy atom. The molecule has 5 saturated carbocycles. The molecule has 1 aromatic rings. The van der Waals surface area contributed by atoms with E-state index in [0.29, 0.717) is 41.1 Å². The molecule has 5 aliphatic rings. The van der Waals surface area contributed by atoms with Gasteiger partial charge in [-0.15, -0.1) is 0 Å². The molecular weight excluding hydrogens is 619 g/mol. The van der Waals surface area contributed by atoms with Crippen LogP contribution in [0.2, 0.25) is 0 Å². The van der Waals surface area contributed by atoms with Gasteiger partial charge in [-0.1, -0.05) is 65.3 Å². The number of nitrogens with one attached hydrogen (secondary N) is 2. The largest absolute Gasteiger partial charge is 0.478 e. The van der Waals surface area contributed by atoms with Gasteiger partial charge >= 0.3 is 12.0 Å². The molecule has 0 aliphatic heterocycles. The molecule has 0 bridgehead atoms. The second-order valence-corrected chi connectivity index (χ2v) is 19.4. The Balaban J connectivity index is 1.21. The molecule has 1 aromatic carbocycles. The maximum Gasteiger partial charge on any atom is 0.335 e. The highest BCUT2D eigenvalue weighted by Crippen LogP contribution is 2.77. The number of urea groups is 1. The minimum atomic E-state index is -0.851. The Morgan fingerprint density at radius 1 is 0.840 bits per heavy atom. The minimum Gasteiger partial charge on any atom is -0.478 e. The Morgan fingerprint density at radius 3 is 2.22 bits per heavy atom. The van der Waals surface area contributed by atoms with E-state index in [0.717, 1.165) is 51.6 Å². The highest BCUT2D eigenvalue weighted by molar-refractivity contribution is 5.87. The SMILES string of the molecule is C=C(C)[C@@H]1CC[C@]2(NC(=O)NCCCCCN(C)C)CC[C@]3(C)[C@H](CC[C@@H]4[C@@]5(C)CCC(c6ccc(C(=O)O)cc6)C(C)(C)[C@@H]5CC[C@]43C)[C@@H]12. The highest BCUT2D eigenvalue weighted by Gasteiger charge is 2.71. The van der Waals surface area contributed by atoms with Crippen LogP contribution in [-0.4, -0.2) is 54.7 Å². The smallest absolute Gasteiger partial charge is 0.335 e. The van der Waals surface area contributed by atoms with Gasteiger partial charge in [-0.05, 0) is 179 Å². The number of unbranched alkanes of at least 4 members (excludes halogenated alkanes) is 2. The van der Waals surface area contributed by atoms with E-state index in [1.165, 1.54) is 56.1 Å². The summed E-state index contributed by atoms with van der Waals surface area (Å²) in [6, 6.07) is 7.83. The van der Waals surface area contributed by atoms with Crippen molar-refractivity contribution < 1.29 is 14.7 Å². The predicted molar refractivity (Wildman–Crippen MR) is 204 cm³/mol. The molecule has 3 N–H and O–H groups in total. The van der Waals surface area contributed by atoms with Crippen LogP contribution in [0.4, 0.5) is 4.79 Å². The average Bonchev–Trinajstić information content (AvgIpc) is 3.42. The van der Waals surface area contributed by atoms with Crippen LogP contribution in [0.15, 0.2) is 36.4 Å². The molecule has 0 saturated heterocycles. The van der Waals surface area contributed by atoms with Crippen molar-refractivity contribution in [3.05, 3.63) is 47.5 Å². The first-order valence-corrected chi connectivity index (χ1v) is 20.2. The molecule has 6 heteroatoms. The molecule has 0 aromatic heterocycles. The van der Waals surface area contributed by atoms with E-state index in [1.807, 2.05) is 0 Å². The van der Waals surface area contributed by atoms with Crippen molar-refractivity contribution in [2.45, 2.75) is 136 Å². The lowest BCUT2D eigenvalue weighted by atomic mass is 9.32. The van der Waals surface area contributed by atoms with Gasteiger partial charge in [-0.25, -0.2) is 9.59 Å². The van der Waals surface area contributed by atoms with E-state index in [9.17, 15) is 14.7 Å². The zero-order valence-electron chi connectivity index (χ0n) is 32.8. The second-order valence-electron chi connectivity index (χ2n) is 19.4. The number of carbonyl (C=O) groups excluding carboxylic acids is 1. The van der Waals surface area contributed by atoms with E-state index in [-0.39, 0.29) is 33.2 Å². The lowest BCUT2D eigenvalue weighted by molar-refractivity contribution is -0.233. The minimum absolute atomic E-state index is 0.0399. The quantitative estimate of drug-likeness (QED) is 0.169. The van der Waals surface area contributed by atoms with Crippen LogP contribution in [0.1, 0.15) is 147 Å². The number of allylic oxidation sites excluding steroid dienone is 1. The zero-order valence-corrected chi connectivity index (χ0v) is 32.8. The van der Waals surface area contributed by atoms with Crippen molar-refractivity contribution in [1.29, 1.82) is 0 Å². The van der Waals surface area contributed by atoms with Crippen LogP contribution in [0.25, 0.3) is 0 Å². The number of amides is 2. The Kier molecular flexibility index (Phi) is 10.2. The molecule has 6 nitrogen and oxygen atoms in total. The maximum atomic E-state index is 13.6. The number of nitrogens with zero attached hydrogens (tertiary/aromatic N) is 1. The molecule has 1 unspecified atom stereocenters. The molecular formula is C44H69N3O3. The summed E-state index contributed by atoms with van der Waals surface area (Å²) >= 11 is 0. The second kappa shape index (κ2) is 13.6. The number of hydrogen-bond acceptors (Lipinski definition) is 3. The summed E-state index contributed by atoms with van der Waals surface area (Å²) in [5.41, 5.74) is 3.77. The number of fused-ring (bicyclic) bond motifs is 7. The molecule has 6 rings (SSSR count). The first-order chi connectivity index (χ1) is 23.5. The summed E-state index contributed by atoms with van der Waals surface area (Å²) in [4.78, 5) is 27.4. The van der Waals surface area contributed by atoms with E-state index < -0.39 is 5.97 Å². The fraction of sp³-hybridized carbons (Fsp3) is 0.773. The molecule has 5 fully saturated rings. The number of rotatable bonds is 10. The third-order valence-corrected chi connectivity index (χ3v) is 16.6. The predicted octanol–water partition coefficient (Wildman–Crippen LogP) is 9.91. The fourth-order valence-corrected chi connectivity index (χ4v) is 14.0. The summed E-state index contributed by atoms with van der Waals surface area (Å²) < 4.78 is 0. The van der Waals surface area contributed by atoms with E-state index in [4.69, 9.17) is 0 Å². The van der Waals surface area contributed by atoms with Gasteiger partial charge in [-0.2, -0.15) is 0 Å². The van der Waals surface area contributed by atoms with E-state index in [2.05, 4.69) is 89.9 Å². The molecule has 5 aliphatic carbocycles. The molecule has 50 heavy (non-hydrogen) atoms. The topological polar surface area (TPSA) is 81.7 Å². The van der Waals surface area contributed by atoms with Gasteiger partial charge in [-0.3, -0.25) is 0 Å². The first kappa shape index (κ1) is 37.4. The van der Waals surface area contributed by atoms with Crippen LogP contribution in [0.5, 0.6) is 0 Å². The normalized spacial score (nSPS) is 40.2. The van der Waals surface area contributed by atoms with Crippen molar-refractivity contribution in [3.8, 4) is 0 Å². The van der Waals surface area contributed by atoms with Crippen molar-refractivity contribution in [3.63, 3.8) is 0 Å². The van der Waals surface area contributed by atoms with Gasteiger partial charge in [0.05, 0.1) is 5.56 Å². The number of benzene rings is 1. The van der Waals surface area contributed by atoms with E-state index in [1.54, 1.807) is 12.1 Å². The first-order valence-electron chi connectivity index (χ1n) is 20.2. The summed E-state index contributed by atoms with van der Waals surface area (Å²) in [6.07, 6.45) is 15.3. The Bertz CT molecular complexity index is 1440. The molecule has 0 radical (unpaired) electrons. The van der Waals surface area contributed by atoms with Crippen LogP contribution < -0.4 is 10.6 Å². The third-order valence-electron chi connectivity index (χ3n) is 16.6. The average molecular weight is 688 g/mol. The van der Waals surface area contributed by atoms with Crippen molar-refractivity contribution in [1.82, 2.24) is 15.5 Å². The van der Waals surface area contributed by atoms with Gasteiger partial charge in [0.2, 0.25) is 0 Å². The van der Waals surface area contributed by atoms with Crippen molar-refractivity contribution in [2.24, 2.45) is 51.2 Å². The fourth-order valence-electron chi connectivity index (χ4n) is 14.0. The van der Waals surface area contributed by atoms with Gasteiger partial charge in [0.15, 0.2) is 0 Å². The van der Waals surface area contributed by atoms with Gasteiger partial charge in [0.25, 0.3) is 0 Å². The Hall–Kier alpha value is -2.34. The zero-order chi connectivity index (χ0) is 36.3. The van der Waals surface area contributed by atoms with E-state index >= 15 is 0 Å². The van der Waals surface area contributed by atoms with Crippen molar-refractivity contribution in [2.75, 3.05) is 27.2 Å². The molecule has 0 heterocycles. The highest BCUT2D eigenvalue weighted by atomic mass is 16.4. The summed E-state index contributed by atoms with van der Waals surface area (Å²) in [5.74, 6) is 2.43. The molecule has 0 spiro atoms. The maximum absolute atomic E-state index is 13.6. The Labute approximate surface area is 304 Å². The summed E-state index contributed by atoms with van der Waals surface area (Å²) in [5, 5.41) is 16.4. The lowest BCUT2D eigenvalue weighted by Crippen LogP contribution is -2.69. The number of carboxylic acids is 1. The molecule has 278 valence electrons. The summed E-state index contributed by atoms with van der Waals surface area (Å²) in [6.45, 7) is 21.7. The molecule has 10 atom stereocenters. The van der Waals surface area contributed by atoms with Gasteiger partial charge in [0, 0.05) is 12.1 Å². The van der Waals surface area contributed by atoms with Gasteiger partial charge in [0.1, 0.15) is 0 Å². The standard InChI is InChI=1S/C44H69N3O3/c1-29(2)32-19-24-44(46-39(50)45-27-11-10-12-28-47(8)9)26-25-42(6)34(37(32)44)17-18-36-41(5)22-20-33(30-13-15-31(16-14-30)38(48)49)40(3,4)35(41)21-23-43(36,42)7/h13-16,32-37H,1,10-12,17-28H2,2-9H3,(H,48,49)(H2,45,46,50)/t32-,33?,34+,35-,36+,37+,41-,42+,43+,44-/m0/s1.